The molecule has 0 atom stereocenters. The standard InChI is InChI=1S/C18H21ClFNO3/c1-5-6-7-12-11(4)17(22)21(18(12)23)15-9-16(24-10(2)3)13(19)8-14(15)20/h8-10H,5-7H2,1-4H3. The van der Waals surface area contributed by atoms with Crippen LogP contribution in [0.5, 0.6) is 5.75 Å². The Morgan fingerprint density at radius 3 is 2.50 bits per heavy atom. The number of anilines is 1. The predicted molar refractivity (Wildman–Crippen MR) is 91.9 cm³/mol. The summed E-state index contributed by atoms with van der Waals surface area (Å²) in [5, 5.41) is 0.0972. The third kappa shape index (κ3) is 3.46. The van der Waals surface area contributed by atoms with Gasteiger partial charge in [-0.15, -0.1) is 0 Å². The molecule has 0 saturated carbocycles. The van der Waals surface area contributed by atoms with Crippen LogP contribution in [0, 0.1) is 5.82 Å². The first-order valence-corrected chi connectivity index (χ1v) is 8.39. The number of nitrogens with zero attached hydrogens (tertiary/aromatic N) is 1. The van der Waals surface area contributed by atoms with Crippen LogP contribution < -0.4 is 9.64 Å². The topological polar surface area (TPSA) is 46.6 Å². The molecule has 1 aromatic carbocycles. The van der Waals surface area contributed by atoms with E-state index in [-0.39, 0.29) is 22.6 Å². The quantitative estimate of drug-likeness (QED) is 0.699. The smallest absolute Gasteiger partial charge is 0.261 e. The van der Waals surface area contributed by atoms with E-state index in [4.69, 9.17) is 16.3 Å². The Balaban J connectivity index is 2.42. The molecule has 1 heterocycles. The molecule has 0 unspecified atom stereocenters. The largest absolute Gasteiger partial charge is 0.489 e. The molecule has 1 aromatic rings. The van der Waals surface area contributed by atoms with Crippen molar-refractivity contribution in [2.75, 3.05) is 4.90 Å². The van der Waals surface area contributed by atoms with E-state index in [1.165, 1.54) is 6.07 Å². The molecule has 0 N–H and O–H groups in total. The van der Waals surface area contributed by atoms with Crippen LogP contribution in [0.1, 0.15) is 47.0 Å². The Labute approximate surface area is 146 Å². The van der Waals surface area contributed by atoms with Gasteiger partial charge in [0, 0.05) is 17.2 Å². The summed E-state index contributed by atoms with van der Waals surface area (Å²) >= 11 is 5.99. The Kier molecular flexibility index (Phi) is 5.65. The third-order valence-electron chi connectivity index (χ3n) is 3.82. The van der Waals surface area contributed by atoms with Crippen LogP contribution in [0.25, 0.3) is 0 Å². The maximum absolute atomic E-state index is 14.4. The number of carbonyl (C=O) groups is 2. The van der Waals surface area contributed by atoms with Crippen molar-refractivity contribution in [2.24, 2.45) is 0 Å². The summed E-state index contributed by atoms with van der Waals surface area (Å²) in [6.45, 7) is 7.22. The van der Waals surface area contributed by atoms with Crippen molar-refractivity contribution < 1.29 is 18.7 Å². The fourth-order valence-corrected chi connectivity index (χ4v) is 2.78. The first kappa shape index (κ1) is 18.5. The van der Waals surface area contributed by atoms with Gasteiger partial charge >= 0.3 is 0 Å². The molecule has 2 rings (SSSR count). The Morgan fingerprint density at radius 2 is 1.92 bits per heavy atom. The highest BCUT2D eigenvalue weighted by molar-refractivity contribution is 6.34. The zero-order valence-electron chi connectivity index (χ0n) is 14.3. The highest BCUT2D eigenvalue weighted by Gasteiger charge is 2.38. The summed E-state index contributed by atoms with van der Waals surface area (Å²) in [5.74, 6) is -1.46. The van der Waals surface area contributed by atoms with Crippen molar-refractivity contribution in [3.8, 4) is 5.75 Å². The van der Waals surface area contributed by atoms with Gasteiger partial charge in [0.05, 0.1) is 16.8 Å². The van der Waals surface area contributed by atoms with Crippen molar-refractivity contribution in [1.29, 1.82) is 0 Å². The third-order valence-corrected chi connectivity index (χ3v) is 4.12. The van der Waals surface area contributed by atoms with Crippen molar-refractivity contribution in [3.05, 3.63) is 34.1 Å². The number of imide groups is 1. The first-order valence-electron chi connectivity index (χ1n) is 8.02. The Bertz CT molecular complexity index is 712. The number of rotatable bonds is 6. The van der Waals surface area contributed by atoms with Gasteiger partial charge in [0.2, 0.25) is 0 Å². The van der Waals surface area contributed by atoms with Crippen molar-refractivity contribution in [3.63, 3.8) is 0 Å². The fraction of sp³-hybridized carbons (Fsp3) is 0.444. The van der Waals surface area contributed by atoms with Gasteiger partial charge in [-0.25, -0.2) is 9.29 Å². The van der Waals surface area contributed by atoms with Gasteiger partial charge in [-0.3, -0.25) is 9.59 Å². The van der Waals surface area contributed by atoms with E-state index in [9.17, 15) is 14.0 Å². The maximum atomic E-state index is 14.4. The summed E-state index contributed by atoms with van der Waals surface area (Å²) in [6.07, 6.45) is 2.03. The molecule has 1 aliphatic heterocycles. The molecule has 0 bridgehead atoms. The zero-order chi connectivity index (χ0) is 18.0. The lowest BCUT2D eigenvalue weighted by molar-refractivity contribution is -0.120. The van der Waals surface area contributed by atoms with E-state index in [0.29, 0.717) is 17.6 Å². The van der Waals surface area contributed by atoms with Crippen LogP contribution in [-0.2, 0) is 9.59 Å². The number of unbranched alkanes of at least 4 members (excludes halogenated alkanes) is 1. The minimum absolute atomic E-state index is 0.0972. The summed E-state index contributed by atoms with van der Waals surface area (Å²) < 4.78 is 19.9. The van der Waals surface area contributed by atoms with E-state index in [1.807, 2.05) is 6.92 Å². The average Bonchev–Trinajstić information content (AvgIpc) is 2.70. The van der Waals surface area contributed by atoms with Crippen molar-refractivity contribution in [2.45, 2.75) is 53.1 Å². The van der Waals surface area contributed by atoms with Gasteiger partial charge in [0.15, 0.2) is 0 Å². The maximum Gasteiger partial charge on any atom is 0.261 e. The summed E-state index contributed by atoms with van der Waals surface area (Å²) in [5.41, 5.74) is 0.688. The van der Waals surface area contributed by atoms with Gasteiger partial charge in [0.1, 0.15) is 11.6 Å². The predicted octanol–water partition coefficient (Wildman–Crippen LogP) is 4.65. The van der Waals surface area contributed by atoms with E-state index < -0.39 is 17.6 Å². The van der Waals surface area contributed by atoms with E-state index in [2.05, 4.69) is 0 Å². The molecule has 130 valence electrons. The molecule has 0 fully saturated rings. The lowest BCUT2D eigenvalue weighted by Gasteiger charge is -2.19. The van der Waals surface area contributed by atoms with Crippen LogP contribution >= 0.6 is 11.6 Å². The van der Waals surface area contributed by atoms with E-state index >= 15 is 0 Å². The monoisotopic (exact) mass is 353 g/mol. The highest BCUT2D eigenvalue weighted by atomic mass is 35.5. The minimum atomic E-state index is -0.734. The lowest BCUT2D eigenvalue weighted by Crippen LogP contribution is -2.32. The molecule has 0 spiro atoms. The fourth-order valence-electron chi connectivity index (χ4n) is 2.59. The van der Waals surface area contributed by atoms with Gasteiger partial charge in [-0.2, -0.15) is 0 Å². The number of ether oxygens (including phenoxy) is 1. The lowest BCUT2D eigenvalue weighted by atomic mass is 10.1. The summed E-state index contributed by atoms with van der Waals surface area (Å²) in [6, 6.07) is 2.37. The zero-order valence-corrected chi connectivity index (χ0v) is 15.0. The number of hydrogen-bond donors (Lipinski definition) is 0. The SMILES string of the molecule is CCCCC1=C(C)C(=O)N(c2cc(OC(C)C)c(Cl)cc2F)C1=O. The molecule has 0 radical (unpaired) electrons. The molecule has 1 aliphatic rings. The van der Waals surface area contributed by atoms with Crippen molar-refractivity contribution in [1.82, 2.24) is 0 Å². The molecule has 24 heavy (non-hydrogen) atoms. The molecule has 0 aliphatic carbocycles. The molecular weight excluding hydrogens is 333 g/mol. The second-order valence-corrected chi connectivity index (χ2v) is 6.46. The van der Waals surface area contributed by atoms with Gasteiger partial charge in [-0.05, 0) is 39.7 Å². The molecule has 6 heteroatoms. The van der Waals surface area contributed by atoms with Crippen LogP contribution in [-0.4, -0.2) is 17.9 Å². The average molecular weight is 354 g/mol. The van der Waals surface area contributed by atoms with E-state index in [1.54, 1.807) is 20.8 Å². The van der Waals surface area contributed by atoms with Crippen LogP contribution in [0.4, 0.5) is 10.1 Å². The van der Waals surface area contributed by atoms with Crippen LogP contribution in [0.15, 0.2) is 23.3 Å². The molecule has 2 amide bonds. The van der Waals surface area contributed by atoms with Gasteiger partial charge in [0.25, 0.3) is 11.8 Å². The number of benzene rings is 1. The number of hydrogen-bond acceptors (Lipinski definition) is 3. The Hall–Kier alpha value is -1.88. The van der Waals surface area contributed by atoms with Gasteiger partial charge in [-0.1, -0.05) is 24.9 Å². The normalized spacial score (nSPS) is 15.0. The Morgan fingerprint density at radius 1 is 1.25 bits per heavy atom. The molecule has 0 saturated heterocycles. The molecule has 4 nitrogen and oxygen atoms in total. The second kappa shape index (κ2) is 7.34. The van der Waals surface area contributed by atoms with E-state index in [0.717, 1.165) is 23.8 Å². The van der Waals surface area contributed by atoms with Crippen LogP contribution in [0.2, 0.25) is 5.02 Å². The number of carbonyl (C=O) groups excluding carboxylic acids is 2. The van der Waals surface area contributed by atoms with Crippen molar-refractivity contribution >= 4 is 29.1 Å². The number of halogens is 2. The molecular formula is C18H21ClFNO3. The first-order chi connectivity index (χ1) is 11.3. The number of amides is 2. The summed E-state index contributed by atoms with van der Waals surface area (Å²) in [4.78, 5) is 26.0. The van der Waals surface area contributed by atoms with Crippen LogP contribution in [0.3, 0.4) is 0 Å². The summed E-state index contributed by atoms with van der Waals surface area (Å²) in [7, 11) is 0. The molecule has 0 aromatic heterocycles. The second-order valence-electron chi connectivity index (χ2n) is 6.05. The minimum Gasteiger partial charge on any atom is -0.489 e. The van der Waals surface area contributed by atoms with Gasteiger partial charge < -0.3 is 4.74 Å². The highest BCUT2D eigenvalue weighted by Crippen LogP contribution is 2.37.